The van der Waals surface area contributed by atoms with Crippen molar-refractivity contribution in [3.63, 3.8) is 0 Å². The minimum atomic E-state index is -0.0314. The molecule has 0 N–H and O–H groups in total. The molecule has 4 nitrogen and oxygen atoms in total. The summed E-state index contributed by atoms with van der Waals surface area (Å²) in [6, 6.07) is 0. The Morgan fingerprint density at radius 2 is 1.16 bits per heavy atom. The normalized spacial score (nSPS) is 13.0. The van der Waals surface area contributed by atoms with E-state index in [0.717, 1.165) is 70.6 Å². The van der Waals surface area contributed by atoms with E-state index in [4.69, 9.17) is 9.47 Å². The Labute approximate surface area is 193 Å². The minimum Gasteiger partial charge on any atom is -0.466 e. The zero-order valence-electron chi connectivity index (χ0n) is 21.2. The van der Waals surface area contributed by atoms with E-state index in [0.29, 0.717) is 25.6 Å². The summed E-state index contributed by atoms with van der Waals surface area (Å²) in [7, 11) is 0. The summed E-state index contributed by atoms with van der Waals surface area (Å²) >= 11 is 0. The van der Waals surface area contributed by atoms with Crippen LogP contribution in [0.1, 0.15) is 137 Å². The van der Waals surface area contributed by atoms with Gasteiger partial charge in [0.05, 0.1) is 19.1 Å². The smallest absolute Gasteiger partial charge is 0.309 e. The Morgan fingerprint density at radius 3 is 1.71 bits per heavy atom. The molecule has 0 saturated carbocycles. The number of unbranched alkanes of at least 4 members (excludes halogenated alkanes) is 10. The summed E-state index contributed by atoms with van der Waals surface area (Å²) in [5.74, 6) is 0.505. The van der Waals surface area contributed by atoms with E-state index in [2.05, 4.69) is 27.7 Å². The third kappa shape index (κ3) is 17.2. The molecule has 0 radical (unpaired) electrons. The van der Waals surface area contributed by atoms with Crippen LogP contribution in [-0.2, 0) is 19.1 Å². The molecule has 0 rings (SSSR count). The van der Waals surface area contributed by atoms with E-state index in [1.807, 2.05) is 0 Å². The van der Waals surface area contributed by atoms with Gasteiger partial charge in [-0.25, -0.2) is 0 Å². The number of carbonyl (C=O) groups is 2. The van der Waals surface area contributed by atoms with Crippen LogP contribution in [0.5, 0.6) is 0 Å². The average molecular weight is 441 g/mol. The van der Waals surface area contributed by atoms with Gasteiger partial charge in [-0.3, -0.25) is 9.59 Å². The van der Waals surface area contributed by atoms with E-state index in [9.17, 15) is 9.59 Å². The molecule has 0 aliphatic carbocycles. The van der Waals surface area contributed by atoms with Gasteiger partial charge in [-0.05, 0) is 38.0 Å². The minimum absolute atomic E-state index is 0.0225. The first-order valence-corrected chi connectivity index (χ1v) is 13.4. The topological polar surface area (TPSA) is 52.6 Å². The summed E-state index contributed by atoms with van der Waals surface area (Å²) in [6.07, 6.45) is 18.3. The second kappa shape index (κ2) is 22.1. The number of rotatable bonds is 22. The monoisotopic (exact) mass is 440 g/mol. The summed E-state index contributed by atoms with van der Waals surface area (Å²) in [6.45, 7) is 9.79. The number of carbonyl (C=O) groups excluding carboxylic acids is 2. The molecular weight excluding hydrogens is 388 g/mol. The maximum absolute atomic E-state index is 12.5. The molecule has 0 aromatic rings. The van der Waals surface area contributed by atoms with Crippen molar-refractivity contribution in [2.45, 2.75) is 137 Å². The lowest BCUT2D eigenvalue weighted by Crippen LogP contribution is -2.25. The highest BCUT2D eigenvalue weighted by Crippen LogP contribution is 2.27. The summed E-state index contributed by atoms with van der Waals surface area (Å²) < 4.78 is 10.8. The fourth-order valence-electron chi connectivity index (χ4n) is 4.18. The van der Waals surface area contributed by atoms with Crippen LogP contribution >= 0.6 is 0 Å². The van der Waals surface area contributed by atoms with E-state index in [1.165, 1.54) is 32.1 Å². The van der Waals surface area contributed by atoms with Gasteiger partial charge in [0.2, 0.25) is 0 Å². The molecule has 0 bridgehead atoms. The zero-order valence-corrected chi connectivity index (χ0v) is 21.2. The predicted molar refractivity (Wildman–Crippen MR) is 130 cm³/mol. The molecule has 0 aromatic carbocycles. The molecule has 0 fully saturated rings. The first kappa shape index (κ1) is 29.9. The Bertz CT molecular complexity index is 421. The molecule has 2 atom stereocenters. The van der Waals surface area contributed by atoms with Crippen molar-refractivity contribution < 1.29 is 19.1 Å². The zero-order chi connectivity index (χ0) is 23.2. The van der Waals surface area contributed by atoms with Crippen LogP contribution in [0.4, 0.5) is 0 Å². The van der Waals surface area contributed by atoms with E-state index in [-0.39, 0.29) is 17.9 Å². The Morgan fingerprint density at radius 1 is 0.613 bits per heavy atom. The van der Waals surface area contributed by atoms with E-state index < -0.39 is 0 Å². The summed E-state index contributed by atoms with van der Waals surface area (Å²) in [5.41, 5.74) is 0. The van der Waals surface area contributed by atoms with Crippen LogP contribution in [0.25, 0.3) is 0 Å². The molecular formula is C27H52O4. The van der Waals surface area contributed by atoms with Gasteiger partial charge in [-0.2, -0.15) is 0 Å². The standard InChI is InChI=1S/C27H52O4/c1-5-9-18-22-30-26(28)21-17-15-13-11-12-14-16-20-24(7-3)25(8-4)27(29)31-23-19-10-6-2/h24-25H,5-23H2,1-4H3. The van der Waals surface area contributed by atoms with Crippen molar-refractivity contribution in [1.29, 1.82) is 0 Å². The average Bonchev–Trinajstić information content (AvgIpc) is 2.77. The van der Waals surface area contributed by atoms with Crippen LogP contribution in [-0.4, -0.2) is 25.2 Å². The van der Waals surface area contributed by atoms with Gasteiger partial charge < -0.3 is 9.47 Å². The Balaban J connectivity index is 3.77. The van der Waals surface area contributed by atoms with Gasteiger partial charge in [0.15, 0.2) is 0 Å². The number of ether oxygens (including phenoxy) is 2. The first-order chi connectivity index (χ1) is 15.1. The van der Waals surface area contributed by atoms with Gasteiger partial charge in [-0.1, -0.05) is 98.3 Å². The molecule has 0 amide bonds. The molecule has 0 spiro atoms. The van der Waals surface area contributed by atoms with Gasteiger partial charge in [0, 0.05) is 6.42 Å². The molecule has 0 aliphatic heterocycles. The SMILES string of the molecule is CCCCCOC(=O)CCCCCCCCCC(CC)C(CC)C(=O)OCCCCC. The van der Waals surface area contributed by atoms with Crippen LogP contribution in [0.2, 0.25) is 0 Å². The molecule has 31 heavy (non-hydrogen) atoms. The largest absolute Gasteiger partial charge is 0.466 e. The predicted octanol–water partition coefficient (Wildman–Crippen LogP) is 8.02. The van der Waals surface area contributed by atoms with Gasteiger partial charge >= 0.3 is 11.9 Å². The molecule has 0 heterocycles. The van der Waals surface area contributed by atoms with Crippen molar-refractivity contribution in [3.8, 4) is 0 Å². The second-order valence-corrected chi connectivity index (χ2v) is 9.00. The lowest BCUT2D eigenvalue weighted by molar-refractivity contribution is -0.151. The van der Waals surface area contributed by atoms with Crippen LogP contribution in [0.15, 0.2) is 0 Å². The second-order valence-electron chi connectivity index (χ2n) is 9.00. The number of esters is 2. The van der Waals surface area contributed by atoms with Gasteiger partial charge in [0.25, 0.3) is 0 Å². The third-order valence-corrected chi connectivity index (χ3v) is 6.29. The van der Waals surface area contributed by atoms with Crippen molar-refractivity contribution in [2.24, 2.45) is 11.8 Å². The molecule has 2 unspecified atom stereocenters. The molecule has 4 heteroatoms. The highest BCUT2D eigenvalue weighted by molar-refractivity contribution is 5.72. The Kier molecular flexibility index (Phi) is 21.4. The van der Waals surface area contributed by atoms with Crippen LogP contribution in [0.3, 0.4) is 0 Å². The fourth-order valence-corrected chi connectivity index (χ4v) is 4.18. The van der Waals surface area contributed by atoms with Gasteiger partial charge in [0.1, 0.15) is 0 Å². The van der Waals surface area contributed by atoms with Crippen molar-refractivity contribution in [1.82, 2.24) is 0 Å². The van der Waals surface area contributed by atoms with Crippen molar-refractivity contribution >= 4 is 11.9 Å². The lowest BCUT2D eigenvalue weighted by atomic mass is 9.84. The van der Waals surface area contributed by atoms with E-state index in [1.54, 1.807) is 0 Å². The van der Waals surface area contributed by atoms with Crippen molar-refractivity contribution in [3.05, 3.63) is 0 Å². The number of hydrogen-bond donors (Lipinski definition) is 0. The maximum atomic E-state index is 12.5. The molecule has 184 valence electrons. The quantitative estimate of drug-likeness (QED) is 0.126. The highest BCUT2D eigenvalue weighted by Gasteiger charge is 2.26. The fraction of sp³-hybridized carbons (Fsp3) is 0.926. The highest BCUT2D eigenvalue weighted by atomic mass is 16.5. The van der Waals surface area contributed by atoms with E-state index >= 15 is 0 Å². The number of hydrogen-bond acceptors (Lipinski definition) is 4. The van der Waals surface area contributed by atoms with Gasteiger partial charge in [-0.15, -0.1) is 0 Å². The summed E-state index contributed by atoms with van der Waals surface area (Å²) in [5, 5.41) is 0. The molecule has 0 saturated heterocycles. The maximum Gasteiger partial charge on any atom is 0.309 e. The lowest BCUT2D eigenvalue weighted by Gasteiger charge is -2.23. The summed E-state index contributed by atoms with van der Waals surface area (Å²) in [4.78, 5) is 24.1. The molecule has 0 aromatic heterocycles. The van der Waals surface area contributed by atoms with Crippen LogP contribution in [0, 0.1) is 11.8 Å². The van der Waals surface area contributed by atoms with Crippen molar-refractivity contribution in [2.75, 3.05) is 13.2 Å². The third-order valence-electron chi connectivity index (χ3n) is 6.29. The molecule has 0 aliphatic rings. The van der Waals surface area contributed by atoms with Crippen LogP contribution < -0.4 is 0 Å². The Hall–Kier alpha value is -1.06. The first-order valence-electron chi connectivity index (χ1n) is 13.4.